The lowest BCUT2D eigenvalue weighted by Gasteiger charge is -2.00. The molecule has 0 N–H and O–H groups in total. The highest BCUT2D eigenvalue weighted by Crippen LogP contribution is 2.21. The molecule has 0 fully saturated rings. The quantitative estimate of drug-likeness (QED) is 0.552. The van der Waals surface area contributed by atoms with Crippen LogP contribution in [-0.2, 0) is 0 Å². The van der Waals surface area contributed by atoms with Crippen molar-refractivity contribution >= 4 is 45.1 Å². The molecule has 1 heterocycles. The monoisotopic (exact) mass is 314 g/mol. The number of aromatic nitrogens is 1. The average Bonchev–Trinajstić information content (AvgIpc) is 2.16. The Morgan fingerprint density at radius 2 is 2.14 bits per heavy atom. The van der Waals surface area contributed by atoms with Crippen molar-refractivity contribution in [3.05, 3.63) is 38.6 Å². The predicted octanol–water partition coefficient (Wildman–Crippen LogP) is 3.36. The first-order chi connectivity index (χ1) is 6.70. The SMILES string of the molecule is N#Cc1cc2ccc(I)cc2nc1Cl. The molecule has 0 saturated heterocycles. The normalized spacial score (nSPS) is 10.1. The Balaban J connectivity index is 2.81. The summed E-state index contributed by atoms with van der Waals surface area (Å²) in [7, 11) is 0. The molecule has 0 radical (unpaired) electrons. The third kappa shape index (κ3) is 1.68. The Morgan fingerprint density at radius 3 is 2.86 bits per heavy atom. The fourth-order valence-electron chi connectivity index (χ4n) is 1.20. The molecule has 0 bridgehead atoms. The molecule has 14 heavy (non-hydrogen) atoms. The fourth-order valence-corrected chi connectivity index (χ4v) is 1.86. The molecular formula is C10H4ClIN2. The fraction of sp³-hybridized carbons (Fsp3) is 0. The van der Waals surface area contributed by atoms with Crippen molar-refractivity contribution in [2.45, 2.75) is 0 Å². The lowest BCUT2D eigenvalue weighted by molar-refractivity contribution is 1.37. The van der Waals surface area contributed by atoms with Gasteiger partial charge >= 0.3 is 0 Å². The van der Waals surface area contributed by atoms with Crippen molar-refractivity contribution in [2.75, 3.05) is 0 Å². The highest BCUT2D eigenvalue weighted by Gasteiger charge is 2.03. The van der Waals surface area contributed by atoms with Gasteiger partial charge in [-0.2, -0.15) is 5.26 Å². The second-order valence-electron chi connectivity index (χ2n) is 2.78. The summed E-state index contributed by atoms with van der Waals surface area (Å²) in [5.41, 5.74) is 1.24. The molecular weight excluding hydrogens is 310 g/mol. The number of pyridine rings is 1. The van der Waals surface area contributed by atoms with Crippen molar-refractivity contribution < 1.29 is 0 Å². The summed E-state index contributed by atoms with van der Waals surface area (Å²) < 4.78 is 1.10. The van der Waals surface area contributed by atoms with Gasteiger partial charge in [-0.15, -0.1) is 0 Å². The zero-order valence-corrected chi connectivity index (χ0v) is 9.87. The Kier molecular flexibility index (Phi) is 2.57. The average molecular weight is 315 g/mol. The van der Waals surface area contributed by atoms with Gasteiger partial charge in [0.25, 0.3) is 0 Å². The second-order valence-corrected chi connectivity index (χ2v) is 4.38. The van der Waals surface area contributed by atoms with E-state index in [2.05, 4.69) is 27.6 Å². The van der Waals surface area contributed by atoms with E-state index in [0.717, 1.165) is 14.5 Å². The molecule has 0 spiro atoms. The van der Waals surface area contributed by atoms with Crippen LogP contribution in [0.4, 0.5) is 0 Å². The molecule has 0 aliphatic rings. The number of benzene rings is 1. The number of halogens is 2. The van der Waals surface area contributed by atoms with Crippen molar-refractivity contribution in [3.63, 3.8) is 0 Å². The Labute approximate surface area is 99.7 Å². The first-order valence-corrected chi connectivity index (χ1v) is 5.32. The molecule has 2 rings (SSSR count). The van der Waals surface area contributed by atoms with Crippen molar-refractivity contribution in [2.24, 2.45) is 0 Å². The molecule has 0 unspecified atom stereocenters. The highest BCUT2D eigenvalue weighted by atomic mass is 127. The van der Waals surface area contributed by atoms with E-state index in [9.17, 15) is 0 Å². The smallest absolute Gasteiger partial charge is 0.147 e. The van der Waals surface area contributed by atoms with Gasteiger partial charge in [0.2, 0.25) is 0 Å². The zero-order chi connectivity index (χ0) is 10.1. The summed E-state index contributed by atoms with van der Waals surface area (Å²) in [6, 6.07) is 9.59. The van der Waals surface area contributed by atoms with Gasteiger partial charge in [0.15, 0.2) is 0 Å². The van der Waals surface area contributed by atoms with Crippen LogP contribution in [-0.4, -0.2) is 4.98 Å². The van der Waals surface area contributed by atoms with Crippen LogP contribution >= 0.6 is 34.2 Å². The van der Waals surface area contributed by atoms with Crippen LogP contribution in [0.5, 0.6) is 0 Å². The topological polar surface area (TPSA) is 36.7 Å². The molecule has 1 aromatic carbocycles. The van der Waals surface area contributed by atoms with Crippen LogP contribution in [0.25, 0.3) is 10.9 Å². The summed E-state index contributed by atoms with van der Waals surface area (Å²) in [6.45, 7) is 0. The lowest BCUT2D eigenvalue weighted by Crippen LogP contribution is -1.85. The van der Waals surface area contributed by atoms with Crippen molar-refractivity contribution in [1.82, 2.24) is 4.98 Å². The lowest BCUT2D eigenvalue weighted by atomic mass is 10.2. The second kappa shape index (κ2) is 3.71. The summed E-state index contributed by atoms with van der Waals surface area (Å²) in [6.07, 6.45) is 0. The van der Waals surface area contributed by atoms with Crippen molar-refractivity contribution in [1.29, 1.82) is 5.26 Å². The first-order valence-electron chi connectivity index (χ1n) is 3.86. The van der Waals surface area contributed by atoms with Gasteiger partial charge in [0, 0.05) is 8.96 Å². The molecule has 1 aromatic heterocycles. The molecule has 2 nitrogen and oxygen atoms in total. The Morgan fingerprint density at radius 1 is 1.36 bits per heavy atom. The summed E-state index contributed by atoms with van der Waals surface area (Å²) in [5, 5.41) is 9.96. The minimum atomic E-state index is 0.266. The number of nitrogens with zero attached hydrogens (tertiary/aromatic N) is 2. The minimum Gasteiger partial charge on any atom is -0.235 e. The summed E-state index contributed by atoms with van der Waals surface area (Å²) in [5.74, 6) is 0. The van der Waals surface area contributed by atoms with Gasteiger partial charge < -0.3 is 0 Å². The molecule has 0 aliphatic carbocycles. The molecule has 4 heteroatoms. The van der Waals surface area contributed by atoms with Crippen LogP contribution in [0.15, 0.2) is 24.3 Å². The van der Waals surface area contributed by atoms with Gasteiger partial charge in [-0.25, -0.2) is 4.98 Å². The molecule has 0 aliphatic heterocycles. The molecule has 0 amide bonds. The van der Waals surface area contributed by atoms with Crippen LogP contribution in [0, 0.1) is 14.9 Å². The number of rotatable bonds is 0. The molecule has 0 atom stereocenters. The Hall–Kier alpha value is -0.860. The van der Waals surface area contributed by atoms with E-state index < -0.39 is 0 Å². The van der Waals surface area contributed by atoms with Gasteiger partial charge in [-0.3, -0.25) is 0 Å². The van der Waals surface area contributed by atoms with Gasteiger partial charge in [0.1, 0.15) is 11.2 Å². The number of fused-ring (bicyclic) bond motifs is 1. The standard InChI is InChI=1S/C10H4ClIN2/c11-10-7(5-13)3-6-1-2-8(12)4-9(6)14-10/h1-4H. The van der Waals surface area contributed by atoms with Gasteiger partial charge in [-0.1, -0.05) is 17.7 Å². The Bertz CT molecular complexity index is 546. The van der Waals surface area contributed by atoms with E-state index in [1.165, 1.54) is 0 Å². The van der Waals surface area contributed by atoms with E-state index in [-0.39, 0.29) is 5.15 Å². The third-order valence-corrected chi connectivity index (χ3v) is 2.81. The van der Waals surface area contributed by atoms with E-state index in [1.807, 2.05) is 24.3 Å². The number of nitriles is 1. The number of hydrogen-bond acceptors (Lipinski definition) is 2. The van der Waals surface area contributed by atoms with E-state index in [1.54, 1.807) is 6.07 Å². The van der Waals surface area contributed by atoms with Crippen LogP contribution in [0.3, 0.4) is 0 Å². The van der Waals surface area contributed by atoms with Crippen LogP contribution in [0.2, 0.25) is 5.15 Å². The maximum atomic E-state index is 8.76. The first kappa shape index (κ1) is 9.69. The molecule has 0 saturated carbocycles. The third-order valence-electron chi connectivity index (χ3n) is 1.85. The highest BCUT2D eigenvalue weighted by molar-refractivity contribution is 14.1. The minimum absolute atomic E-state index is 0.266. The largest absolute Gasteiger partial charge is 0.235 e. The van der Waals surface area contributed by atoms with Crippen molar-refractivity contribution in [3.8, 4) is 6.07 Å². The zero-order valence-electron chi connectivity index (χ0n) is 6.96. The maximum absolute atomic E-state index is 8.76. The molecule has 68 valence electrons. The van der Waals surface area contributed by atoms with Gasteiger partial charge in [-0.05, 0) is 40.8 Å². The van der Waals surface area contributed by atoms with E-state index >= 15 is 0 Å². The van der Waals surface area contributed by atoms with Crippen LogP contribution < -0.4 is 0 Å². The maximum Gasteiger partial charge on any atom is 0.147 e. The molecule has 2 aromatic rings. The van der Waals surface area contributed by atoms with E-state index in [0.29, 0.717) is 5.56 Å². The van der Waals surface area contributed by atoms with Crippen LogP contribution in [0.1, 0.15) is 5.56 Å². The summed E-state index contributed by atoms with van der Waals surface area (Å²) >= 11 is 8.03. The van der Waals surface area contributed by atoms with E-state index in [4.69, 9.17) is 16.9 Å². The number of hydrogen-bond donors (Lipinski definition) is 0. The summed E-state index contributed by atoms with van der Waals surface area (Å²) in [4.78, 5) is 4.15. The van der Waals surface area contributed by atoms with Gasteiger partial charge in [0.05, 0.1) is 11.1 Å². The predicted molar refractivity (Wildman–Crippen MR) is 64.2 cm³/mol.